The minimum Gasteiger partial charge on any atom is -0.369 e. The predicted octanol–water partition coefficient (Wildman–Crippen LogP) is 3.45. The summed E-state index contributed by atoms with van der Waals surface area (Å²) in [5.74, 6) is 0.0350. The Morgan fingerprint density at radius 3 is 0.977 bits per heavy atom. The van der Waals surface area contributed by atoms with Crippen molar-refractivity contribution in [3.05, 3.63) is 0 Å². The van der Waals surface area contributed by atoms with Crippen molar-refractivity contribution in [3.63, 3.8) is 0 Å². The second-order valence-electron chi connectivity index (χ2n) is 15.7. The Morgan fingerprint density at radius 1 is 0.488 bits per heavy atom. The van der Waals surface area contributed by atoms with Crippen LogP contribution in [-0.4, -0.2) is 116 Å². The van der Waals surface area contributed by atoms with Gasteiger partial charge in [0.1, 0.15) is 0 Å². The zero-order valence-electron chi connectivity index (χ0n) is 27.5. The number of carbonyl (C=O) groups excluding carboxylic acids is 1. The molecule has 6 aliphatic rings. The Labute approximate surface area is 263 Å². The van der Waals surface area contributed by atoms with E-state index in [1.165, 1.54) is 96.3 Å². The fraction of sp³-hybridized carbons (Fsp3) is 0.971. The van der Waals surface area contributed by atoms with Gasteiger partial charge in [0, 0.05) is 95.2 Å². The zero-order chi connectivity index (χ0) is 29.6. The van der Waals surface area contributed by atoms with Crippen LogP contribution in [0.2, 0.25) is 0 Å². The molecule has 3 aliphatic heterocycles. The molecular formula is C35H65N7O. The van der Waals surface area contributed by atoms with Gasteiger partial charge in [-0.25, -0.2) is 0 Å². The molecule has 0 aromatic carbocycles. The van der Waals surface area contributed by atoms with Crippen LogP contribution in [0.25, 0.3) is 0 Å². The lowest BCUT2D eigenvalue weighted by atomic mass is 9.56. The van der Waals surface area contributed by atoms with Crippen LogP contribution in [0.5, 0.6) is 0 Å². The smallest absolute Gasteiger partial charge is 0.223 e. The predicted molar refractivity (Wildman–Crippen MR) is 176 cm³/mol. The van der Waals surface area contributed by atoms with Gasteiger partial charge in [-0.05, 0) is 57.8 Å². The molecule has 0 radical (unpaired) electrons. The first-order chi connectivity index (χ1) is 21.0. The summed E-state index contributed by atoms with van der Waals surface area (Å²) in [6, 6.07) is 0. The van der Waals surface area contributed by atoms with E-state index in [9.17, 15) is 4.79 Å². The summed E-state index contributed by atoms with van der Waals surface area (Å²) >= 11 is 0. The van der Waals surface area contributed by atoms with E-state index in [0.29, 0.717) is 0 Å². The van der Waals surface area contributed by atoms with Crippen LogP contribution in [0.3, 0.4) is 0 Å². The van der Waals surface area contributed by atoms with Gasteiger partial charge >= 0.3 is 0 Å². The number of carbonyl (C=O) groups is 1. The van der Waals surface area contributed by atoms with Gasteiger partial charge < -0.3 is 21.7 Å². The van der Waals surface area contributed by atoms with E-state index >= 15 is 0 Å². The Morgan fingerprint density at radius 2 is 0.744 bits per heavy atom. The summed E-state index contributed by atoms with van der Waals surface area (Å²) in [5, 5.41) is 10.9. The number of hydrogen-bond donors (Lipinski definition) is 4. The van der Waals surface area contributed by atoms with E-state index in [1.54, 1.807) is 0 Å². The van der Waals surface area contributed by atoms with Crippen LogP contribution < -0.4 is 21.7 Å². The number of piperazine rings is 3. The summed E-state index contributed by atoms with van der Waals surface area (Å²) in [5.41, 5.74) is 6.79. The van der Waals surface area contributed by atoms with E-state index in [1.807, 2.05) is 0 Å². The largest absolute Gasteiger partial charge is 0.369 e. The highest BCUT2D eigenvalue weighted by Gasteiger charge is 2.57. The Hall–Kier alpha value is -0.770. The molecule has 3 saturated carbocycles. The molecule has 3 saturated heterocycles. The summed E-state index contributed by atoms with van der Waals surface area (Å²) in [4.78, 5) is 23.2. The number of nitrogens with one attached hydrogen (secondary N) is 3. The van der Waals surface area contributed by atoms with Crippen molar-refractivity contribution >= 4 is 5.91 Å². The minimum absolute atomic E-state index is 0.0350. The van der Waals surface area contributed by atoms with Gasteiger partial charge in [0.05, 0.1) is 5.41 Å². The van der Waals surface area contributed by atoms with Crippen LogP contribution in [0.15, 0.2) is 0 Å². The number of nitrogens with zero attached hydrogens (tertiary/aromatic N) is 3. The highest BCUT2D eigenvalue weighted by Crippen LogP contribution is 2.55. The fourth-order valence-electron chi connectivity index (χ4n) is 11.2. The first-order valence-corrected chi connectivity index (χ1v) is 18.7. The quantitative estimate of drug-likeness (QED) is 0.306. The molecule has 246 valence electrons. The second-order valence-corrected chi connectivity index (χ2v) is 15.7. The van der Waals surface area contributed by atoms with E-state index in [4.69, 9.17) is 5.73 Å². The molecule has 1 amide bonds. The van der Waals surface area contributed by atoms with Crippen molar-refractivity contribution in [1.82, 2.24) is 30.7 Å². The third-order valence-corrected chi connectivity index (χ3v) is 13.2. The second kappa shape index (κ2) is 14.3. The Balaban J connectivity index is 1.43. The van der Waals surface area contributed by atoms with Crippen LogP contribution >= 0.6 is 0 Å². The molecule has 6 rings (SSSR count). The van der Waals surface area contributed by atoms with Crippen molar-refractivity contribution < 1.29 is 4.79 Å². The SMILES string of the molecule is NC(=O)C(CC1(N2CCNCC2)CCCCC1)(CC1(N2CCNCC2)CCCCC1)CC1(N2CCNCC2)CCCCC1. The molecule has 0 unspecified atom stereocenters. The van der Waals surface area contributed by atoms with E-state index in [2.05, 4.69) is 30.7 Å². The highest BCUT2D eigenvalue weighted by atomic mass is 16.1. The average molecular weight is 600 g/mol. The van der Waals surface area contributed by atoms with Crippen LogP contribution in [0.1, 0.15) is 116 Å². The van der Waals surface area contributed by atoms with Gasteiger partial charge in [0.15, 0.2) is 0 Å². The Kier molecular flexibility index (Phi) is 10.7. The molecule has 3 heterocycles. The van der Waals surface area contributed by atoms with Gasteiger partial charge in [-0.2, -0.15) is 0 Å². The van der Waals surface area contributed by atoms with Crippen LogP contribution in [-0.2, 0) is 4.79 Å². The molecule has 0 aromatic heterocycles. The third-order valence-electron chi connectivity index (χ3n) is 13.2. The first-order valence-electron chi connectivity index (χ1n) is 18.7. The summed E-state index contributed by atoms with van der Waals surface area (Å²) in [6.07, 6.45) is 22.2. The summed E-state index contributed by atoms with van der Waals surface area (Å²) < 4.78 is 0. The van der Waals surface area contributed by atoms with Gasteiger partial charge in [-0.15, -0.1) is 0 Å². The van der Waals surface area contributed by atoms with E-state index in [-0.39, 0.29) is 22.5 Å². The maximum Gasteiger partial charge on any atom is 0.223 e. The molecule has 0 bridgehead atoms. The van der Waals surface area contributed by atoms with Crippen LogP contribution in [0.4, 0.5) is 0 Å². The fourth-order valence-corrected chi connectivity index (χ4v) is 11.2. The maximum absolute atomic E-state index is 14.6. The molecule has 8 heteroatoms. The summed E-state index contributed by atoms with van der Waals surface area (Å²) in [6.45, 7) is 13.1. The number of hydrogen-bond acceptors (Lipinski definition) is 7. The lowest BCUT2D eigenvalue weighted by Crippen LogP contribution is -2.66. The van der Waals surface area contributed by atoms with Crippen molar-refractivity contribution in [2.45, 2.75) is 132 Å². The number of primary amides is 1. The molecular weight excluding hydrogens is 534 g/mol. The molecule has 0 atom stereocenters. The molecule has 6 fully saturated rings. The van der Waals surface area contributed by atoms with Crippen LogP contribution in [0, 0.1) is 5.41 Å². The van der Waals surface area contributed by atoms with E-state index in [0.717, 1.165) is 97.8 Å². The molecule has 0 spiro atoms. The maximum atomic E-state index is 14.6. The molecule has 43 heavy (non-hydrogen) atoms. The number of amides is 1. The third kappa shape index (κ3) is 7.00. The van der Waals surface area contributed by atoms with Gasteiger partial charge in [0.25, 0.3) is 0 Å². The molecule has 0 aromatic rings. The van der Waals surface area contributed by atoms with Crippen molar-refractivity contribution in [2.75, 3.05) is 78.5 Å². The van der Waals surface area contributed by atoms with Crippen molar-refractivity contribution in [1.29, 1.82) is 0 Å². The van der Waals surface area contributed by atoms with Crippen molar-refractivity contribution in [2.24, 2.45) is 11.1 Å². The monoisotopic (exact) mass is 600 g/mol. The topological polar surface area (TPSA) is 88.9 Å². The molecule has 5 N–H and O–H groups in total. The Bertz CT molecular complexity index is 772. The minimum atomic E-state index is -0.480. The lowest BCUT2D eigenvalue weighted by Gasteiger charge is -2.59. The van der Waals surface area contributed by atoms with Crippen molar-refractivity contribution in [3.8, 4) is 0 Å². The standard InChI is InChI=1S/C35H65N7O/c36-31(43)32(28-33(10-4-1-5-11-33)40-22-16-37-17-23-40,29-34(12-6-2-7-13-34)41-24-18-38-19-25-41)30-35(14-8-3-9-15-35)42-26-20-39-21-27-42/h37-39H,1-30H2,(H2,36,43). The average Bonchev–Trinajstić information content (AvgIpc) is 3.07. The first kappa shape index (κ1) is 32.2. The van der Waals surface area contributed by atoms with Gasteiger partial charge in [-0.1, -0.05) is 57.8 Å². The number of nitrogens with two attached hydrogens (primary N) is 1. The molecule has 3 aliphatic carbocycles. The highest BCUT2D eigenvalue weighted by molar-refractivity contribution is 5.81. The lowest BCUT2D eigenvalue weighted by molar-refractivity contribution is -0.142. The summed E-state index contributed by atoms with van der Waals surface area (Å²) in [7, 11) is 0. The van der Waals surface area contributed by atoms with Gasteiger partial charge in [0.2, 0.25) is 5.91 Å². The zero-order valence-corrected chi connectivity index (χ0v) is 27.5. The number of rotatable bonds is 10. The molecule has 8 nitrogen and oxygen atoms in total. The van der Waals surface area contributed by atoms with E-state index < -0.39 is 5.41 Å². The van der Waals surface area contributed by atoms with Gasteiger partial charge in [-0.3, -0.25) is 19.5 Å². The normalized spacial score (nSPS) is 29.7.